The summed E-state index contributed by atoms with van der Waals surface area (Å²) < 4.78 is 0.915. The molecule has 3 heteroatoms. The van der Waals surface area contributed by atoms with Gasteiger partial charge in [-0.15, -0.1) is 0 Å². The summed E-state index contributed by atoms with van der Waals surface area (Å²) in [7, 11) is 0. The lowest BCUT2D eigenvalue weighted by molar-refractivity contribution is 0.512. The summed E-state index contributed by atoms with van der Waals surface area (Å²) in [6, 6.07) is 5.81. The molecule has 0 saturated heterocycles. The van der Waals surface area contributed by atoms with Crippen LogP contribution in [0.2, 0.25) is 5.02 Å². The summed E-state index contributed by atoms with van der Waals surface area (Å²) in [5.74, 6) is 0.412. The number of benzene rings is 1. The number of rotatable bonds is 2. The van der Waals surface area contributed by atoms with Crippen LogP contribution in [0.3, 0.4) is 0 Å². The first-order valence-corrected chi connectivity index (χ1v) is 5.40. The monoisotopic (exact) mass is 261 g/mol. The van der Waals surface area contributed by atoms with E-state index in [1.54, 1.807) is 0 Å². The smallest absolute Gasteiger partial charge is 0.0551 e. The van der Waals surface area contributed by atoms with Crippen molar-refractivity contribution < 1.29 is 0 Å². The molecule has 1 rings (SSSR count). The normalized spacial score (nSPS) is 13.4. The van der Waals surface area contributed by atoms with Crippen molar-refractivity contribution in [1.29, 1.82) is 0 Å². The van der Waals surface area contributed by atoms with E-state index in [9.17, 15) is 0 Å². The van der Waals surface area contributed by atoms with Crippen molar-refractivity contribution >= 4 is 27.5 Å². The second-order valence-corrected chi connectivity index (χ2v) is 4.61. The van der Waals surface area contributed by atoms with Gasteiger partial charge in [-0.05, 0) is 33.5 Å². The largest absolute Gasteiger partial charge is 0.324 e. The molecule has 1 atom stereocenters. The standard InChI is InChI=1S/C10H13BrClN/c1-6(2)10(13)7-4-3-5-8(12)9(7)11/h3-6,10H,13H2,1-2H3/t10-/m1/s1. The van der Waals surface area contributed by atoms with Gasteiger partial charge in [0.25, 0.3) is 0 Å². The van der Waals surface area contributed by atoms with Crippen LogP contribution in [-0.4, -0.2) is 0 Å². The highest BCUT2D eigenvalue weighted by atomic mass is 79.9. The Morgan fingerprint density at radius 3 is 2.54 bits per heavy atom. The second-order valence-electron chi connectivity index (χ2n) is 3.41. The van der Waals surface area contributed by atoms with E-state index < -0.39 is 0 Å². The Labute approximate surface area is 92.4 Å². The molecule has 1 nitrogen and oxygen atoms in total. The van der Waals surface area contributed by atoms with Crippen LogP contribution in [0.5, 0.6) is 0 Å². The molecule has 0 unspecified atom stereocenters. The predicted molar refractivity (Wildman–Crippen MR) is 60.9 cm³/mol. The molecule has 0 aromatic heterocycles. The zero-order valence-electron chi connectivity index (χ0n) is 7.72. The van der Waals surface area contributed by atoms with Crippen molar-refractivity contribution in [2.75, 3.05) is 0 Å². The molecule has 0 heterocycles. The second kappa shape index (κ2) is 4.45. The number of nitrogens with two attached hydrogens (primary N) is 1. The molecule has 13 heavy (non-hydrogen) atoms. The summed E-state index contributed by atoms with van der Waals surface area (Å²) in [5.41, 5.74) is 7.09. The van der Waals surface area contributed by atoms with E-state index in [1.807, 2.05) is 18.2 Å². The molecular weight excluding hydrogens is 249 g/mol. The van der Waals surface area contributed by atoms with Gasteiger partial charge in [0, 0.05) is 10.5 Å². The van der Waals surface area contributed by atoms with Crippen LogP contribution in [0.1, 0.15) is 25.5 Å². The number of hydrogen-bond acceptors (Lipinski definition) is 1. The fourth-order valence-electron chi connectivity index (χ4n) is 1.14. The minimum Gasteiger partial charge on any atom is -0.324 e. The highest BCUT2D eigenvalue weighted by molar-refractivity contribution is 9.10. The van der Waals surface area contributed by atoms with Crippen LogP contribution >= 0.6 is 27.5 Å². The van der Waals surface area contributed by atoms with Crippen LogP contribution in [0, 0.1) is 5.92 Å². The minimum absolute atomic E-state index is 0.0353. The lowest BCUT2D eigenvalue weighted by Gasteiger charge is -2.17. The molecule has 0 aliphatic rings. The Morgan fingerprint density at radius 2 is 2.00 bits per heavy atom. The van der Waals surface area contributed by atoms with Gasteiger partial charge in [-0.25, -0.2) is 0 Å². The molecule has 0 fully saturated rings. The van der Waals surface area contributed by atoms with E-state index in [-0.39, 0.29) is 6.04 Å². The van der Waals surface area contributed by atoms with Crippen molar-refractivity contribution in [2.45, 2.75) is 19.9 Å². The average Bonchev–Trinajstić information content (AvgIpc) is 2.08. The zero-order chi connectivity index (χ0) is 10.0. The predicted octanol–water partition coefficient (Wildman–Crippen LogP) is 3.76. The first-order valence-electron chi connectivity index (χ1n) is 4.23. The fourth-order valence-corrected chi connectivity index (χ4v) is 1.85. The van der Waals surface area contributed by atoms with Gasteiger partial charge in [-0.3, -0.25) is 0 Å². The van der Waals surface area contributed by atoms with Gasteiger partial charge in [0.1, 0.15) is 0 Å². The Kier molecular flexibility index (Phi) is 3.77. The van der Waals surface area contributed by atoms with Crippen molar-refractivity contribution in [3.05, 3.63) is 33.3 Å². The molecule has 0 saturated carbocycles. The summed E-state index contributed by atoms with van der Waals surface area (Å²) >= 11 is 9.40. The first kappa shape index (κ1) is 11.0. The van der Waals surface area contributed by atoms with E-state index in [2.05, 4.69) is 29.8 Å². The lowest BCUT2D eigenvalue weighted by atomic mass is 9.97. The lowest BCUT2D eigenvalue weighted by Crippen LogP contribution is -2.17. The molecule has 0 aliphatic carbocycles. The minimum atomic E-state index is 0.0353. The van der Waals surface area contributed by atoms with Gasteiger partial charge in [-0.1, -0.05) is 37.6 Å². The maximum atomic E-state index is 6.02. The summed E-state index contributed by atoms with van der Waals surface area (Å²) in [6.45, 7) is 4.19. The molecule has 0 amide bonds. The molecule has 1 aromatic carbocycles. The Bertz CT molecular complexity index is 299. The van der Waals surface area contributed by atoms with E-state index in [4.69, 9.17) is 17.3 Å². The van der Waals surface area contributed by atoms with Gasteiger partial charge in [0.2, 0.25) is 0 Å². The molecule has 0 bridgehead atoms. The van der Waals surface area contributed by atoms with Crippen LogP contribution in [-0.2, 0) is 0 Å². The van der Waals surface area contributed by atoms with Crippen LogP contribution < -0.4 is 5.73 Å². The summed E-state index contributed by atoms with van der Waals surface area (Å²) in [5, 5.41) is 0.716. The molecule has 1 aromatic rings. The molecule has 2 N–H and O–H groups in total. The van der Waals surface area contributed by atoms with Crippen molar-refractivity contribution in [3.63, 3.8) is 0 Å². The van der Waals surface area contributed by atoms with Gasteiger partial charge >= 0.3 is 0 Å². The number of halogens is 2. The van der Waals surface area contributed by atoms with E-state index in [0.717, 1.165) is 10.0 Å². The summed E-state index contributed by atoms with van der Waals surface area (Å²) in [4.78, 5) is 0. The summed E-state index contributed by atoms with van der Waals surface area (Å²) in [6.07, 6.45) is 0. The third kappa shape index (κ3) is 2.46. The van der Waals surface area contributed by atoms with Crippen molar-refractivity contribution in [3.8, 4) is 0 Å². The van der Waals surface area contributed by atoms with Gasteiger partial charge in [-0.2, -0.15) is 0 Å². The van der Waals surface area contributed by atoms with Crippen LogP contribution in [0.15, 0.2) is 22.7 Å². The molecule has 72 valence electrons. The maximum Gasteiger partial charge on any atom is 0.0551 e. The van der Waals surface area contributed by atoms with E-state index >= 15 is 0 Å². The Balaban J connectivity index is 3.07. The van der Waals surface area contributed by atoms with Crippen molar-refractivity contribution in [2.24, 2.45) is 11.7 Å². The molecule has 0 spiro atoms. The highest BCUT2D eigenvalue weighted by Crippen LogP contribution is 2.31. The van der Waals surface area contributed by atoms with E-state index in [1.165, 1.54) is 0 Å². The fraction of sp³-hybridized carbons (Fsp3) is 0.400. The Hall–Kier alpha value is -0.0500. The van der Waals surface area contributed by atoms with Crippen LogP contribution in [0.25, 0.3) is 0 Å². The molecular formula is C10H13BrClN. The topological polar surface area (TPSA) is 26.0 Å². The third-order valence-electron chi connectivity index (χ3n) is 2.06. The third-order valence-corrected chi connectivity index (χ3v) is 3.49. The van der Waals surface area contributed by atoms with Crippen LogP contribution in [0.4, 0.5) is 0 Å². The Morgan fingerprint density at radius 1 is 1.38 bits per heavy atom. The maximum absolute atomic E-state index is 6.02. The SMILES string of the molecule is CC(C)[C@@H](N)c1cccc(Cl)c1Br. The first-order chi connectivity index (χ1) is 6.04. The van der Waals surface area contributed by atoms with E-state index in [0.29, 0.717) is 10.9 Å². The zero-order valence-corrected chi connectivity index (χ0v) is 10.1. The van der Waals surface area contributed by atoms with Crippen molar-refractivity contribution in [1.82, 2.24) is 0 Å². The molecule has 0 aliphatic heterocycles. The van der Waals surface area contributed by atoms with Gasteiger partial charge in [0.15, 0.2) is 0 Å². The van der Waals surface area contributed by atoms with Gasteiger partial charge < -0.3 is 5.73 Å². The highest BCUT2D eigenvalue weighted by Gasteiger charge is 2.14. The average molecular weight is 263 g/mol. The molecule has 0 radical (unpaired) electrons. The van der Waals surface area contributed by atoms with Gasteiger partial charge in [0.05, 0.1) is 5.02 Å². The quantitative estimate of drug-likeness (QED) is 0.863. The number of hydrogen-bond donors (Lipinski definition) is 1.